The zero-order valence-electron chi connectivity index (χ0n) is 14.2. The summed E-state index contributed by atoms with van der Waals surface area (Å²) in [4.78, 5) is 16.9. The van der Waals surface area contributed by atoms with Gasteiger partial charge < -0.3 is 5.32 Å². The van der Waals surface area contributed by atoms with Crippen LogP contribution in [0, 0.1) is 19.7 Å². The number of nitrogens with one attached hydrogen (secondary N) is 1. The van der Waals surface area contributed by atoms with E-state index < -0.39 is 0 Å². The summed E-state index contributed by atoms with van der Waals surface area (Å²) >= 11 is 0. The van der Waals surface area contributed by atoms with Crippen molar-refractivity contribution in [3.63, 3.8) is 0 Å². The number of carbonyl (C=O) groups excluding carboxylic acids is 1. The average Bonchev–Trinajstić information content (AvgIpc) is 2.63. The number of pyridine rings is 1. The van der Waals surface area contributed by atoms with E-state index in [1.54, 1.807) is 19.1 Å². The highest BCUT2D eigenvalue weighted by Gasteiger charge is 2.11. The first-order chi connectivity index (χ1) is 12.0. The largest absolute Gasteiger partial charge is 0.348 e. The van der Waals surface area contributed by atoms with Gasteiger partial charge in [-0.3, -0.25) is 9.78 Å². The Kier molecular flexibility index (Phi) is 4.89. The number of carbonyl (C=O) groups is 1. The Labute approximate surface area is 146 Å². The maximum atomic E-state index is 13.6. The first-order valence-electron chi connectivity index (χ1n) is 8.11. The van der Waals surface area contributed by atoms with Gasteiger partial charge in [-0.05, 0) is 43.2 Å². The van der Waals surface area contributed by atoms with Crippen LogP contribution in [0.1, 0.15) is 27.2 Å². The summed E-state index contributed by atoms with van der Waals surface area (Å²) in [6.07, 6.45) is 0. The molecule has 0 fully saturated rings. The molecule has 25 heavy (non-hydrogen) atoms. The zero-order valence-corrected chi connectivity index (χ0v) is 14.2. The van der Waals surface area contributed by atoms with E-state index in [1.807, 2.05) is 49.4 Å². The molecule has 0 aliphatic heterocycles. The summed E-state index contributed by atoms with van der Waals surface area (Å²) < 4.78 is 13.6. The van der Waals surface area contributed by atoms with Crippen LogP contribution in [0.5, 0.6) is 0 Å². The van der Waals surface area contributed by atoms with Crippen molar-refractivity contribution in [2.75, 3.05) is 0 Å². The minimum Gasteiger partial charge on any atom is -0.348 e. The summed E-state index contributed by atoms with van der Waals surface area (Å²) in [6, 6.07) is 18.4. The van der Waals surface area contributed by atoms with Crippen LogP contribution < -0.4 is 5.32 Å². The van der Waals surface area contributed by atoms with Crippen LogP contribution >= 0.6 is 0 Å². The number of halogens is 1. The third-order valence-electron chi connectivity index (χ3n) is 4.09. The number of amides is 1. The monoisotopic (exact) mass is 334 g/mol. The molecule has 3 aromatic rings. The molecule has 0 bridgehead atoms. The summed E-state index contributed by atoms with van der Waals surface area (Å²) in [5.74, 6) is -0.484. The van der Waals surface area contributed by atoms with Crippen molar-refractivity contribution in [3.8, 4) is 11.3 Å². The third-order valence-corrected chi connectivity index (χ3v) is 4.09. The molecule has 3 nitrogen and oxygen atoms in total. The standard InChI is InChI=1S/C21H19FN2O/c1-14-8-9-16(12-19(14)22)13-23-21(25)18-10-11-20(24-15(18)2)17-6-4-3-5-7-17/h3-12H,13H2,1-2H3,(H,23,25). The molecule has 1 amide bonds. The van der Waals surface area contributed by atoms with Crippen molar-refractivity contribution < 1.29 is 9.18 Å². The molecule has 0 aliphatic carbocycles. The Bertz CT molecular complexity index is 907. The lowest BCUT2D eigenvalue weighted by molar-refractivity contribution is 0.0950. The number of nitrogens with zero attached hydrogens (tertiary/aromatic N) is 1. The Hall–Kier alpha value is -3.01. The summed E-state index contributed by atoms with van der Waals surface area (Å²) in [7, 11) is 0. The lowest BCUT2D eigenvalue weighted by Crippen LogP contribution is -2.24. The van der Waals surface area contributed by atoms with Gasteiger partial charge in [0, 0.05) is 12.1 Å². The maximum absolute atomic E-state index is 13.6. The second kappa shape index (κ2) is 7.26. The van der Waals surface area contributed by atoms with E-state index in [0.717, 1.165) is 16.8 Å². The van der Waals surface area contributed by atoms with Gasteiger partial charge in [-0.1, -0.05) is 42.5 Å². The Morgan fingerprint density at radius 3 is 2.48 bits per heavy atom. The molecule has 0 aliphatic rings. The number of benzene rings is 2. The SMILES string of the molecule is Cc1ccc(CNC(=O)c2ccc(-c3ccccc3)nc2C)cc1F. The quantitative estimate of drug-likeness (QED) is 0.767. The molecule has 4 heteroatoms. The van der Waals surface area contributed by atoms with Crippen LogP contribution in [0.25, 0.3) is 11.3 Å². The molecule has 1 N–H and O–H groups in total. The van der Waals surface area contributed by atoms with Crippen LogP contribution in [0.4, 0.5) is 4.39 Å². The highest BCUT2D eigenvalue weighted by Crippen LogP contribution is 2.18. The fraction of sp³-hybridized carbons (Fsp3) is 0.143. The first-order valence-corrected chi connectivity index (χ1v) is 8.11. The van der Waals surface area contributed by atoms with Gasteiger partial charge in [0.25, 0.3) is 5.91 Å². The minimum absolute atomic E-state index is 0.217. The molecule has 1 heterocycles. The van der Waals surface area contributed by atoms with Gasteiger partial charge in [0.05, 0.1) is 17.0 Å². The fourth-order valence-electron chi connectivity index (χ4n) is 2.59. The van der Waals surface area contributed by atoms with Gasteiger partial charge in [-0.25, -0.2) is 4.39 Å². The molecule has 2 aromatic carbocycles. The molecule has 126 valence electrons. The first kappa shape index (κ1) is 16.8. The lowest BCUT2D eigenvalue weighted by Gasteiger charge is -2.10. The van der Waals surface area contributed by atoms with E-state index in [1.165, 1.54) is 6.07 Å². The molecule has 0 atom stereocenters. The van der Waals surface area contributed by atoms with Crippen LogP contribution in [-0.2, 0) is 6.54 Å². The van der Waals surface area contributed by atoms with E-state index >= 15 is 0 Å². The Morgan fingerprint density at radius 1 is 1.04 bits per heavy atom. The minimum atomic E-state index is -0.267. The van der Waals surface area contributed by atoms with Crippen molar-refractivity contribution in [1.82, 2.24) is 10.3 Å². The van der Waals surface area contributed by atoms with Crippen LogP contribution in [0.15, 0.2) is 60.7 Å². The fourth-order valence-corrected chi connectivity index (χ4v) is 2.59. The maximum Gasteiger partial charge on any atom is 0.253 e. The molecule has 0 radical (unpaired) electrons. The molecular formula is C21H19FN2O. The predicted octanol–water partition coefficient (Wildman–Crippen LogP) is 4.43. The van der Waals surface area contributed by atoms with Gasteiger partial charge in [0.15, 0.2) is 0 Å². The van der Waals surface area contributed by atoms with Gasteiger partial charge in [0.1, 0.15) is 5.82 Å². The van der Waals surface area contributed by atoms with E-state index in [0.29, 0.717) is 16.8 Å². The summed E-state index contributed by atoms with van der Waals surface area (Å²) in [5, 5.41) is 2.82. The van der Waals surface area contributed by atoms with Gasteiger partial charge >= 0.3 is 0 Å². The zero-order chi connectivity index (χ0) is 17.8. The van der Waals surface area contributed by atoms with Crippen molar-refractivity contribution in [2.45, 2.75) is 20.4 Å². The second-order valence-corrected chi connectivity index (χ2v) is 5.96. The predicted molar refractivity (Wildman–Crippen MR) is 96.7 cm³/mol. The number of aryl methyl sites for hydroxylation is 2. The van der Waals surface area contributed by atoms with Crippen molar-refractivity contribution in [2.24, 2.45) is 0 Å². The highest BCUT2D eigenvalue weighted by molar-refractivity contribution is 5.95. The van der Waals surface area contributed by atoms with Gasteiger partial charge in [-0.15, -0.1) is 0 Å². The lowest BCUT2D eigenvalue weighted by atomic mass is 10.1. The molecular weight excluding hydrogens is 315 g/mol. The number of rotatable bonds is 4. The van der Waals surface area contributed by atoms with Gasteiger partial charge in [-0.2, -0.15) is 0 Å². The van der Waals surface area contributed by atoms with Crippen LogP contribution in [0.2, 0.25) is 0 Å². The van der Waals surface area contributed by atoms with Crippen molar-refractivity contribution in [3.05, 3.63) is 88.9 Å². The normalized spacial score (nSPS) is 10.5. The average molecular weight is 334 g/mol. The van der Waals surface area contributed by atoms with E-state index in [9.17, 15) is 9.18 Å². The van der Waals surface area contributed by atoms with Crippen LogP contribution in [0.3, 0.4) is 0 Å². The molecule has 3 rings (SSSR count). The summed E-state index contributed by atoms with van der Waals surface area (Å²) in [6.45, 7) is 3.80. The highest BCUT2D eigenvalue weighted by atomic mass is 19.1. The van der Waals surface area contributed by atoms with Crippen LogP contribution in [-0.4, -0.2) is 10.9 Å². The van der Waals surface area contributed by atoms with E-state index in [4.69, 9.17) is 0 Å². The molecule has 0 unspecified atom stereocenters. The Morgan fingerprint density at radius 2 is 1.80 bits per heavy atom. The second-order valence-electron chi connectivity index (χ2n) is 5.96. The van der Waals surface area contributed by atoms with Crippen molar-refractivity contribution >= 4 is 5.91 Å². The molecule has 1 aromatic heterocycles. The number of hydrogen-bond acceptors (Lipinski definition) is 2. The third kappa shape index (κ3) is 3.91. The molecule has 0 saturated heterocycles. The topological polar surface area (TPSA) is 42.0 Å². The van der Waals surface area contributed by atoms with E-state index in [2.05, 4.69) is 10.3 Å². The van der Waals surface area contributed by atoms with E-state index in [-0.39, 0.29) is 18.3 Å². The summed E-state index contributed by atoms with van der Waals surface area (Å²) in [5.41, 5.74) is 4.33. The number of aromatic nitrogens is 1. The Balaban J connectivity index is 1.73. The number of hydrogen-bond donors (Lipinski definition) is 1. The molecule has 0 saturated carbocycles. The van der Waals surface area contributed by atoms with Crippen molar-refractivity contribution in [1.29, 1.82) is 0 Å². The smallest absolute Gasteiger partial charge is 0.253 e. The van der Waals surface area contributed by atoms with Gasteiger partial charge in [0.2, 0.25) is 0 Å². The molecule has 0 spiro atoms.